The van der Waals surface area contributed by atoms with Gasteiger partial charge in [-0.2, -0.15) is 0 Å². The van der Waals surface area contributed by atoms with Gasteiger partial charge in [-0.3, -0.25) is 4.99 Å². The molecule has 2 N–H and O–H groups in total. The molecule has 0 fully saturated rings. The fraction of sp³-hybridized carbons (Fsp3) is 0.471. The number of nitrogens with one attached hydrogen (secondary N) is 2. The predicted octanol–water partition coefficient (Wildman–Crippen LogP) is 3.30. The minimum Gasteiger partial charge on any atom is -0.496 e. The largest absolute Gasteiger partial charge is 0.496 e. The molecule has 1 unspecified atom stereocenters. The Kier molecular flexibility index (Phi) is 8.30. The molecule has 0 bridgehead atoms. The normalized spacial score (nSPS) is 16.0. The van der Waals surface area contributed by atoms with Gasteiger partial charge in [0.15, 0.2) is 5.96 Å². The molecule has 1 aromatic carbocycles. The van der Waals surface area contributed by atoms with E-state index in [0.29, 0.717) is 12.0 Å². The second kappa shape index (κ2) is 9.71. The Bertz CT molecular complexity index is 508. The summed E-state index contributed by atoms with van der Waals surface area (Å²) in [4.78, 5) is 4.30. The molecule has 1 atom stereocenters. The zero-order valence-electron chi connectivity index (χ0n) is 13.5. The van der Waals surface area contributed by atoms with Crippen LogP contribution in [0.25, 0.3) is 0 Å². The van der Waals surface area contributed by atoms with Crippen molar-refractivity contribution in [2.75, 3.05) is 20.7 Å². The second-order valence-electron chi connectivity index (χ2n) is 5.38. The van der Waals surface area contributed by atoms with Crippen molar-refractivity contribution in [3.05, 3.63) is 42.0 Å². The number of para-hydroxylation sites is 1. The molecular weight excluding hydrogens is 389 g/mol. The number of aliphatic imine (C=N–C) groups is 1. The highest BCUT2D eigenvalue weighted by atomic mass is 127. The highest BCUT2D eigenvalue weighted by Gasteiger charge is 2.14. The van der Waals surface area contributed by atoms with Crippen molar-refractivity contribution in [1.29, 1.82) is 0 Å². The molecule has 1 aromatic rings. The molecule has 1 aliphatic rings. The minimum absolute atomic E-state index is 0. The van der Waals surface area contributed by atoms with Crippen LogP contribution in [0.5, 0.6) is 5.75 Å². The number of hydrogen-bond acceptors (Lipinski definition) is 2. The van der Waals surface area contributed by atoms with Gasteiger partial charge in [0, 0.05) is 25.6 Å². The summed E-state index contributed by atoms with van der Waals surface area (Å²) in [6, 6.07) is 8.63. The molecule has 0 spiro atoms. The zero-order valence-corrected chi connectivity index (χ0v) is 15.8. The van der Waals surface area contributed by atoms with Crippen molar-refractivity contribution in [3.8, 4) is 5.75 Å². The number of methoxy groups -OCH3 is 1. The second-order valence-corrected chi connectivity index (χ2v) is 5.38. The van der Waals surface area contributed by atoms with Crippen LogP contribution in [-0.4, -0.2) is 32.7 Å². The Labute approximate surface area is 150 Å². The lowest BCUT2D eigenvalue weighted by Gasteiger charge is -2.20. The Balaban J connectivity index is 0.00000242. The summed E-state index contributed by atoms with van der Waals surface area (Å²) in [6.07, 6.45) is 6.57. The van der Waals surface area contributed by atoms with Crippen molar-refractivity contribution in [3.63, 3.8) is 0 Å². The van der Waals surface area contributed by atoms with Gasteiger partial charge in [-0.05, 0) is 24.5 Å². The first-order valence-corrected chi connectivity index (χ1v) is 7.49. The van der Waals surface area contributed by atoms with E-state index in [4.69, 9.17) is 4.74 Å². The molecule has 0 heterocycles. The van der Waals surface area contributed by atoms with Crippen LogP contribution in [0.1, 0.15) is 31.2 Å². The maximum atomic E-state index is 5.43. The maximum Gasteiger partial charge on any atom is 0.191 e. The maximum absolute atomic E-state index is 5.43. The summed E-state index contributed by atoms with van der Waals surface area (Å²) >= 11 is 0. The molecule has 0 aliphatic heterocycles. The van der Waals surface area contributed by atoms with Crippen LogP contribution in [0.15, 0.2) is 41.4 Å². The molecule has 1 aliphatic carbocycles. The van der Waals surface area contributed by atoms with Gasteiger partial charge in [0.2, 0.25) is 0 Å². The van der Waals surface area contributed by atoms with E-state index in [-0.39, 0.29) is 24.0 Å². The Morgan fingerprint density at radius 3 is 2.64 bits per heavy atom. The van der Waals surface area contributed by atoms with Crippen molar-refractivity contribution in [1.82, 2.24) is 10.6 Å². The third-order valence-electron chi connectivity index (χ3n) is 3.82. The van der Waals surface area contributed by atoms with Gasteiger partial charge in [0.25, 0.3) is 0 Å². The summed E-state index contributed by atoms with van der Waals surface area (Å²) in [5.41, 5.74) is 1.21. The molecule has 0 amide bonds. The fourth-order valence-electron chi connectivity index (χ4n) is 2.56. The van der Waals surface area contributed by atoms with Crippen LogP contribution in [0, 0.1) is 0 Å². The standard InChI is InChI=1S/C17H25N3O.HI/c1-13(15-10-6-7-11-16(15)21-3)12-19-17(18-2)20-14-8-4-5-9-14;/h4-7,10-11,13-14H,8-9,12H2,1-3H3,(H2,18,19,20);1H. The number of rotatable bonds is 5. The van der Waals surface area contributed by atoms with E-state index >= 15 is 0 Å². The highest BCUT2D eigenvalue weighted by molar-refractivity contribution is 14.0. The summed E-state index contributed by atoms with van der Waals surface area (Å²) in [5.74, 6) is 2.15. The molecule has 0 radical (unpaired) electrons. The Morgan fingerprint density at radius 1 is 1.32 bits per heavy atom. The van der Waals surface area contributed by atoms with Crippen molar-refractivity contribution >= 4 is 29.9 Å². The van der Waals surface area contributed by atoms with Gasteiger partial charge >= 0.3 is 0 Å². The lowest BCUT2D eigenvalue weighted by molar-refractivity contribution is 0.406. The van der Waals surface area contributed by atoms with Crippen LogP contribution in [0.4, 0.5) is 0 Å². The molecule has 5 heteroatoms. The Hall–Kier alpha value is -1.24. The monoisotopic (exact) mass is 415 g/mol. The van der Waals surface area contributed by atoms with Crippen LogP contribution >= 0.6 is 24.0 Å². The first-order valence-electron chi connectivity index (χ1n) is 7.49. The highest BCUT2D eigenvalue weighted by Crippen LogP contribution is 2.25. The molecule has 2 rings (SSSR count). The van der Waals surface area contributed by atoms with Gasteiger partial charge in [-0.25, -0.2) is 0 Å². The van der Waals surface area contributed by atoms with E-state index in [1.165, 1.54) is 5.56 Å². The molecule has 4 nitrogen and oxygen atoms in total. The van der Waals surface area contributed by atoms with Gasteiger partial charge < -0.3 is 15.4 Å². The third kappa shape index (κ3) is 5.19. The van der Waals surface area contributed by atoms with Crippen molar-refractivity contribution in [2.45, 2.75) is 31.7 Å². The number of nitrogens with zero attached hydrogens (tertiary/aromatic N) is 1. The smallest absolute Gasteiger partial charge is 0.191 e. The van der Waals surface area contributed by atoms with E-state index < -0.39 is 0 Å². The average Bonchev–Trinajstić information content (AvgIpc) is 3.04. The van der Waals surface area contributed by atoms with Gasteiger partial charge in [-0.15, -0.1) is 24.0 Å². The van der Waals surface area contributed by atoms with E-state index in [1.807, 2.05) is 25.2 Å². The molecule has 0 aromatic heterocycles. The predicted molar refractivity (Wildman–Crippen MR) is 103 cm³/mol. The summed E-state index contributed by atoms with van der Waals surface area (Å²) in [6.45, 7) is 3.01. The third-order valence-corrected chi connectivity index (χ3v) is 3.82. The van der Waals surface area contributed by atoms with Crippen molar-refractivity contribution in [2.24, 2.45) is 4.99 Å². The van der Waals surface area contributed by atoms with E-state index in [1.54, 1.807) is 7.11 Å². The lowest BCUT2D eigenvalue weighted by atomic mass is 10.0. The van der Waals surface area contributed by atoms with E-state index in [0.717, 1.165) is 31.1 Å². The topological polar surface area (TPSA) is 45.7 Å². The van der Waals surface area contributed by atoms with Gasteiger partial charge in [-0.1, -0.05) is 37.3 Å². The number of guanidine groups is 1. The number of ether oxygens (including phenoxy) is 1. The quantitative estimate of drug-likeness (QED) is 0.336. The van der Waals surface area contributed by atoms with Gasteiger partial charge in [0.1, 0.15) is 5.75 Å². The van der Waals surface area contributed by atoms with Crippen LogP contribution in [-0.2, 0) is 0 Å². The molecule has 22 heavy (non-hydrogen) atoms. The van der Waals surface area contributed by atoms with Crippen molar-refractivity contribution < 1.29 is 4.74 Å². The number of halogens is 1. The summed E-state index contributed by atoms with van der Waals surface area (Å²) in [7, 11) is 3.53. The molecule has 122 valence electrons. The molecule has 0 saturated carbocycles. The number of benzene rings is 1. The first kappa shape index (κ1) is 18.8. The molecular formula is C17H26IN3O. The minimum atomic E-state index is 0. The SMILES string of the molecule is CN=C(NCC(C)c1ccccc1OC)NC1CC=CC1.I. The summed E-state index contributed by atoms with van der Waals surface area (Å²) in [5, 5.41) is 6.85. The summed E-state index contributed by atoms with van der Waals surface area (Å²) < 4.78 is 5.43. The number of hydrogen-bond donors (Lipinski definition) is 2. The van der Waals surface area contributed by atoms with Crippen LogP contribution < -0.4 is 15.4 Å². The Morgan fingerprint density at radius 2 is 2.00 bits per heavy atom. The first-order chi connectivity index (χ1) is 10.2. The van der Waals surface area contributed by atoms with Crippen LogP contribution in [0.2, 0.25) is 0 Å². The van der Waals surface area contributed by atoms with Crippen LogP contribution in [0.3, 0.4) is 0 Å². The average molecular weight is 415 g/mol. The van der Waals surface area contributed by atoms with E-state index in [9.17, 15) is 0 Å². The molecule has 0 saturated heterocycles. The lowest BCUT2D eigenvalue weighted by Crippen LogP contribution is -2.43. The fourth-order valence-corrected chi connectivity index (χ4v) is 2.56. The van der Waals surface area contributed by atoms with Gasteiger partial charge in [0.05, 0.1) is 7.11 Å². The zero-order chi connectivity index (χ0) is 15.1. The van der Waals surface area contributed by atoms with E-state index in [2.05, 4.69) is 40.8 Å².